The van der Waals surface area contributed by atoms with E-state index in [9.17, 15) is 14.4 Å². The minimum Gasteiger partial charge on any atom is -0.462 e. The number of hydrogen-bond donors (Lipinski definition) is 0. The number of nitrogens with zero attached hydrogens (tertiary/aromatic N) is 2. The zero-order valence-corrected chi connectivity index (χ0v) is 18.3. The summed E-state index contributed by atoms with van der Waals surface area (Å²) in [5, 5.41) is -0.548. The van der Waals surface area contributed by atoms with E-state index in [0.717, 1.165) is 0 Å². The Morgan fingerprint density at radius 3 is 2.41 bits per heavy atom. The van der Waals surface area contributed by atoms with Gasteiger partial charge >= 0.3 is 5.97 Å². The lowest BCUT2D eigenvalue weighted by Gasteiger charge is -2.36. The molecule has 1 aromatic rings. The zero-order chi connectivity index (χ0) is 21.1. The van der Waals surface area contributed by atoms with Gasteiger partial charge in [0.05, 0.1) is 30.1 Å². The van der Waals surface area contributed by atoms with Crippen molar-refractivity contribution in [2.24, 2.45) is 0 Å². The Balaban J connectivity index is 1.66. The van der Waals surface area contributed by atoms with Crippen LogP contribution in [0.25, 0.3) is 0 Å². The molecular weight excluding hydrogens is 412 g/mol. The molecule has 2 fully saturated rings. The Bertz CT molecular complexity index is 804. The summed E-state index contributed by atoms with van der Waals surface area (Å²) in [6, 6.07) is 6.27. The van der Waals surface area contributed by atoms with Crippen molar-refractivity contribution >= 4 is 51.8 Å². The van der Waals surface area contributed by atoms with Crippen LogP contribution in [0.1, 0.15) is 37.6 Å². The third kappa shape index (κ3) is 4.96. The van der Waals surface area contributed by atoms with E-state index in [2.05, 4.69) is 0 Å². The second-order valence-electron chi connectivity index (χ2n) is 7.07. The Morgan fingerprint density at radius 1 is 1.21 bits per heavy atom. The molecule has 9 heteroatoms. The highest BCUT2D eigenvalue weighted by Crippen LogP contribution is 2.32. The van der Waals surface area contributed by atoms with Crippen LogP contribution >= 0.6 is 24.0 Å². The fraction of sp³-hybridized carbons (Fsp3) is 0.500. The largest absolute Gasteiger partial charge is 0.462 e. The number of imide groups is 1. The number of amides is 2. The molecule has 1 aromatic carbocycles. The van der Waals surface area contributed by atoms with Crippen molar-refractivity contribution in [3.05, 3.63) is 29.8 Å². The number of rotatable bonds is 4. The lowest BCUT2D eigenvalue weighted by molar-refractivity contribution is -0.121. The smallest absolute Gasteiger partial charge is 0.338 e. The van der Waals surface area contributed by atoms with Gasteiger partial charge in [0.2, 0.25) is 11.8 Å². The van der Waals surface area contributed by atoms with Crippen LogP contribution in [0.5, 0.6) is 0 Å². The van der Waals surface area contributed by atoms with Crippen LogP contribution in [-0.4, -0.2) is 64.2 Å². The van der Waals surface area contributed by atoms with Crippen molar-refractivity contribution in [2.45, 2.75) is 44.6 Å². The van der Waals surface area contributed by atoms with Gasteiger partial charge in [-0.1, -0.05) is 24.0 Å². The average Bonchev–Trinajstić information content (AvgIpc) is 2.94. The summed E-state index contributed by atoms with van der Waals surface area (Å²) in [5.41, 5.74) is 0.813. The molecule has 2 aliphatic heterocycles. The van der Waals surface area contributed by atoms with E-state index in [0.29, 0.717) is 28.7 Å². The average molecular weight is 437 g/mol. The molecule has 0 aromatic heterocycles. The van der Waals surface area contributed by atoms with Crippen molar-refractivity contribution in [3.63, 3.8) is 0 Å². The number of ether oxygens (including phenoxy) is 2. The van der Waals surface area contributed by atoms with Crippen molar-refractivity contribution in [1.82, 2.24) is 4.90 Å². The highest BCUT2D eigenvalue weighted by molar-refractivity contribution is 8.23. The molecule has 7 nitrogen and oxygen atoms in total. The number of benzene rings is 1. The number of morpholine rings is 1. The topological polar surface area (TPSA) is 76.2 Å². The van der Waals surface area contributed by atoms with Gasteiger partial charge in [0.25, 0.3) is 0 Å². The minimum atomic E-state index is -0.548. The molecule has 2 amide bonds. The fourth-order valence-corrected chi connectivity index (χ4v) is 4.92. The highest BCUT2D eigenvalue weighted by Gasteiger charge is 2.41. The molecule has 156 valence electrons. The SMILES string of the molecule is CCOC(=O)c1ccc(N2C(=O)C[C@H](SC(=S)N3C[C@H](C)O[C@@H](C)C3)C2=O)cc1. The molecular formula is C20H24N2O5S2. The van der Waals surface area contributed by atoms with E-state index in [4.69, 9.17) is 21.7 Å². The maximum atomic E-state index is 12.9. The lowest BCUT2D eigenvalue weighted by Crippen LogP contribution is -2.47. The minimum absolute atomic E-state index is 0.0626. The summed E-state index contributed by atoms with van der Waals surface area (Å²) in [7, 11) is 0. The van der Waals surface area contributed by atoms with Gasteiger partial charge in [-0.3, -0.25) is 9.59 Å². The summed E-state index contributed by atoms with van der Waals surface area (Å²) in [5.74, 6) is -1.01. The maximum Gasteiger partial charge on any atom is 0.338 e. The molecule has 0 radical (unpaired) electrons. The quantitative estimate of drug-likeness (QED) is 0.405. The van der Waals surface area contributed by atoms with E-state index >= 15 is 0 Å². The number of hydrogen-bond acceptors (Lipinski definition) is 7. The second-order valence-corrected chi connectivity index (χ2v) is 8.91. The first-order chi connectivity index (χ1) is 13.8. The van der Waals surface area contributed by atoms with Gasteiger partial charge in [0.1, 0.15) is 9.57 Å². The van der Waals surface area contributed by atoms with Crippen molar-refractivity contribution in [1.29, 1.82) is 0 Å². The molecule has 2 saturated heterocycles. The molecule has 0 aliphatic carbocycles. The van der Waals surface area contributed by atoms with Crippen LogP contribution in [0.4, 0.5) is 5.69 Å². The van der Waals surface area contributed by atoms with Gasteiger partial charge in [-0.05, 0) is 45.0 Å². The molecule has 29 heavy (non-hydrogen) atoms. The van der Waals surface area contributed by atoms with E-state index in [-0.39, 0.29) is 37.0 Å². The van der Waals surface area contributed by atoms with E-state index in [1.165, 1.54) is 16.7 Å². The Labute approximate surface area is 179 Å². The molecule has 0 saturated carbocycles. The number of anilines is 1. The van der Waals surface area contributed by atoms with Gasteiger partial charge in [0.15, 0.2) is 0 Å². The summed E-state index contributed by atoms with van der Waals surface area (Å²) in [4.78, 5) is 40.4. The Kier molecular flexibility index (Phi) is 6.92. The second kappa shape index (κ2) is 9.23. The van der Waals surface area contributed by atoms with Crippen molar-refractivity contribution in [2.75, 3.05) is 24.6 Å². The molecule has 3 rings (SSSR count). The molecule has 3 atom stereocenters. The molecule has 2 aliphatic rings. The monoisotopic (exact) mass is 436 g/mol. The Morgan fingerprint density at radius 2 is 1.83 bits per heavy atom. The lowest BCUT2D eigenvalue weighted by atomic mass is 10.2. The van der Waals surface area contributed by atoms with Gasteiger partial charge in [-0.25, -0.2) is 9.69 Å². The van der Waals surface area contributed by atoms with Crippen LogP contribution in [0.15, 0.2) is 24.3 Å². The molecule has 0 spiro atoms. The highest BCUT2D eigenvalue weighted by atomic mass is 32.2. The first-order valence-corrected chi connectivity index (χ1v) is 10.8. The van der Waals surface area contributed by atoms with E-state index in [1.54, 1.807) is 31.2 Å². The van der Waals surface area contributed by atoms with Crippen molar-refractivity contribution in [3.8, 4) is 0 Å². The van der Waals surface area contributed by atoms with E-state index < -0.39 is 11.2 Å². The number of carbonyl (C=O) groups is 3. The summed E-state index contributed by atoms with van der Waals surface area (Å²) >= 11 is 6.79. The van der Waals surface area contributed by atoms with Gasteiger partial charge in [-0.2, -0.15) is 0 Å². The van der Waals surface area contributed by atoms with Crippen molar-refractivity contribution < 1.29 is 23.9 Å². The normalized spacial score (nSPS) is 24.7. The zero-order valence-electron chi connectivity index (χ0n) is 16.6. The van der Waals surface area contributed by atoms with Gasteiger partial charge in [-0.15, -0.1) is 0 Å². The van der Waals surface area contributed by atoms with Crippen LogP contribution < -0.4 is 4.90 Å². The molecule has 0 unspecified atom stereocenters. The number of thiocarbonyl (C=S) groups is 1. The third-order valence-corrected chi connectivity index (χ3v) is 6.32. The Hall–Kier alpha value is -1.97. The molecule has 2 heterocycles. The van der Waals surface area contributed by atoms with Gasteiger partial charge in [0, 0.05) is 19.5 Å². The molecule has 0 bridgehead atoms. The van der Waals surface area contributed by atoms with Crippen LogP contribution in [0.3, 0.4) is 0 Å². The van der Waals surface area contributed by atoms with Crippen LogP contribution in [0.2, 0.25) is 0 Å². The number of thioether (sulfide) groups is 1. The fourth-order valence-electron chi connectivity index (χ4n) is 3.45. The van der Waals surface area contributed by atoms with E-state index in [1.807, 2.05) is 18.7 Å². The van der Waals surface area contributed by atoms with Crippen LogP contribution in [0, 0.1) is 0 Å². The summed E-state index contributed by atoms with van der Waals surface area (Å²) < 4.78 is 11.3. The number of esters is 1. The first kappa shape index (κ1) is 21.7. The summed E-state index contributed by atoms with van der Waals surface area (Å²) in [6.45, 7) is 7.33. The standard InChI is InChI=1S/C20H24N2O5S2/c1-4-26-19(25)14-5-7-15(8-6-14)22-17(23)9-16(18(22)24)29-20(28)21-10-12(2)27-13(3)11-21/h5-8,12-13,16H,4,9-11H2,1-3H3/t12-,13-,16-/m0/s1. The summed E-state index contributed by atoms with van der Waals surface area (Å²) in [6.07, 6.45) is 0.221. The third-order valence-electron chi connectivity index (χ3n) is 4.66. The maximum absolute atomic E-state index is 12.9. The molecule has 0 N–H and O–H groups in total. The number of carbonyl (C=O) groups excluding carboxylic acids is 3. The first-order valence-electron chi connectivity index (χ1n) is 9.55. The predicted molar refractivity (Wildman–Crippen MR) is 115 cm³/mol. The van der Waals surface area contributed by atoms with Crippen LogP contribution in [-0.2, 0) is 19.1 Å². The predicted octanol–water partition coefficient (Wildman–Crippen LogP) is 2.62. The van der Waals surface area contributed by atoms with Gasteiger partial charge < -0.3 is 14.4 Å².